The number of rotatable bonds is 8. The zero-order valence-electron chi connectivity index (χ0n) is 12.5. The Balaban J connectivity index is 2.69. The highest BCUT2D eigenvalue weighted by molar-refractivity contribution is 5.95. The fourth-order valence-electron chi connectivity index (χ4n) is 1.81. The van der Waals surface area contributed by atoms with Gasteiger partial charge in [-0.2, -0.15) is 0 Å². The van der Waals surface area contributed by atoms with E-state index in [1.807, 2.05) is 19.9 Å². The number of nitrogens with two attached hydrogens (primary N) is 1. The number of nitrogens with one attached hydrogen (secondary N) is 1. The van der Waals surface area contributed by atoms with Crippen molar-refractivity contribution in [1.29, 1.82) is 0 Å². The van der Waals surface area contributed by atoms with Gasteiger partial charge in [-0.25, -0.2) is 0 Å². The second kappa shape index (κ2) is 8.84. The van der Waals surface area contributed by atoms with E-state index in [0.717, 1.165) is 6.42 Å². The second-order valence-electron chi connectivity index (χ2n) is 4.75. The molecule has 1 aromatic carbocycles. The zero-order chi connectivity index (χ0) is 15.7. The monoisotopic (exact) mass is 293 g/mol. The van der Waals surface area contributed by atoms with Gasteiger partial charge >= 0.3 is 0 Å². The molecule has 0 bridgehead atoms. The van der Waals surface area contributed by atoms with Crippen molar-refractivity contribution >= 4 is 11.7 Å². The summed E-state index contributed by atoms with van der Waals surface area (Å²) in [7, 11) is 0. The maximum absolute atomic E-state index is 12.2. The fourth-order valence-corrected chi connectivity index (χ4v) is 1.81. The molecule has 1 amide bonds. The predicted octanol–water partition coefficient (Wildman–Crippen LogP) is 2.12. The van der Waals surface area contributed by atoms with Gasteiger partial charge in [0.25, 0.3) is 5.91 Å². The molecule has 0 heterocycles. The van der Waals surface area contributed by atoms with E-state index in [9.17, 15) is 4.79 Å². The highest BCUT2D eigenvalue weighted by Crippen LogP contribution is 2.14. The number of carbonyl (C=O) groups excluding carboxylic acids is 1. The topological polar surface area (TPSA) is 96.9 Å². The Hall–Kier alpha value is -2.24. The van der Waals surface area contributed by atoms with E-state index in [1.54, 1.807) is 18.2 Å². The third kappa shape index (κ3) is 5.72. The standard InChI is InChI=1S/C15H23N3O3/c1-3-8-21-13-7-5-6-11(9-13)15(19)17-12(4-2)10-14(16)18-20/h5-7,9,12,20H,3-4,8,10H2,1-2H3,(H2,16,18)(H,17,19). The molecule has 1 aromatic rings. The number of amidine groups is 1. The van der Waals surface area contributed by atoms with Crippen molar-refractivity contribution in [2.75, 3.05) is 6.61 Å². The van der Waals surface area contributed by atoms with Gasteiger partial charge in [0.1, 0.15) is 11.6 Å². The van der Waals surface area contributed by atoms with Crippen LogP contribution in [0, 0.1) is 0 Å². The molecule has 0 saturated carbocycles. The molecule has 0 aliphatic rings. The lowest BCUT2D eigenvalue weighted by Crippen LogP contribution is -2.37. The smallest absolute Gasteiger partial charge is 0.251 e. The molecule has 0 saturated heterocycles. The first kappa shape index (κ1) is 16.8. The van der Waals surface area contributed by atoms with Gasteiger partial charge in [-0.05, 0) is 31.0 Å². The normalized spacial score (nSPS) is 12.8. The zero-order valence-corrected chi connectivity index (χ0v) is 12.5. The number of oxime groups is 1. The average molecular weight is 293 g/mol. The molecule has 0 radical (unpaired) electrons. The first-order valence-corrected chi connectivity index (χ1v) is 7.10. The van der Waals surface area contributed by atoms with Gasteiger partial charge in [-0.15, -0.1) is 0 Å². The maximum atomic E-state index is 12.2. The Bertz CT molecular complexity index is 489. The van der Waals surface area contributed by atoms with E-state index in [-0.39, 0.29) is 17.8 Å². The summed E-state index contributed by atoms with van der Waals surface area (Å²) < 4.78 is 5.51. The number of hydrogen-bond donors (Lipinski definition) is 3. The van der Waals surface area contributed by atoms with Crippen LogP contribution in [0.3, 0.4) is 0 Å². The highest BCUT2D eigenvalue weighted by Gasteiger charge is 2.14. The summed E-state index contributed by atoms with van der Waals surface area (Å²) in [5, 5.41) is 14.4. The molecule has 1 atom stereocenters. The highest BCUT2D eigenvalue weighted by atomic mass is 16.5. The first-order valence-electron chi connectivity index (χ1n) is 7.10. The molecule has 0 aliphatic heterocycles. The number of carbonyl (C=O) groups is 1. The first-order chi connectivity index (χ1) is 10.1. The predicted molar refractivity (Wildman–Crippen MR) is 81.8 cm³/mol. The Labute approximate surface area is 125 Å². The summed E-state index contributed by atoms with van der Waals surface area (Å²) in [5.74, 6) is 0.575. The van der Waals surface area contributed by atoms with E-state index in [2.05, 4.69) is 10.5 Å². The Morgan fingerprint density at radius 1 is 1.48 bits per heavy atom. The molecule has 6 heteroatoms. The summed E-state index contributed by atoms with van der Waals surface area (Å²) >= 11 is 0. The van der Waals surface area contributed by atoms with Crippen molar-refractivity contribution in [1.82, 2.24) is 5.32 Å². The van der Waals surface area contributed by atoms with E-state index in [0.29, 0.717) is 30.8 Å². The second-order valence-corrected chi connectivity index (χ2v) is 4.75. The molecule has 0 aliphatic carbocycles. The number of amides is 1. The van der Waals surface area contributed by atoms with Crippen molar-refractivity contribution in [3.63, 3.8) is 0 Å². The summed E-state index contributed by atoms with van der Waals surface area (Å²) in [6.45, 7) is 4.57. The Morgan fingerprint density at radius 3 is 2.86 bits per heavy atom. The molecule has 4 N–H and O–H groups in total. The summed E-state index contributed by atoms with van der Waals surface area (Å²) in [6, 6.07) is 6.87. The molecule has 116 valence electrons. The molecule has 0 aromatic heterocycles. The lowest BCUT2D eigenvalue weighted by Gasteiger charge is -2.16. The third-order valence-electron chi connectivity index (χ3n) is 2.98. The van der Waals surface area contributed by atoms with Crippen LogP contribution in [0.2, 0.25) is 0 Å². The van der Waals surface area contributed by atoms with E-state index in [4.69, 9.17) is 15.7 Å². The summed E-state index contributed by atoms with van der Waals surface area (Å²) in [6.07, 6.45) is 1.91. The van der Waals surface area contributed by atoms with Crippen LogP contribution in [-0.4, -0.2) is 29.6 Å². The van der Waals surface area contributed by atoms with Crippen molar-refractivity contribution in [3.05, 3.63) is 29.8 Å². The number of nitrogens with zero attached hydrogens (tertiary/aromatic N) is 1. The van der Waals surface area contributed by atoms with Crippen LogP contribution in [0.25, 0.3) is 0 Å². The minimum Gasteiger partial charge on any atom is -0.494 e. The van der Waals surface area contributed by atoms with Gasteiger partial charge in [-0.1, -0.05) is 25.1 Å². The van der Waals surface area contributed by atoms with Crippen LogP contribution in [-0.2, 0) is 0 Å². The Kier molecular flexibility index (Phi) is 7.08. The molecular formula is C15H23N3O3. The maximum Gasteiger partial charge on any atom is 0.251 e. The fraction of sp³-hybridized carbons (Fsp3) is 0.467. The molecule has 6 nitrogen and oxygen atoms in total. The molecule has 0 fully saturated rings. The minimum absolute atomic E-state index is 0.0992. The van der Waals surface area contributed by atoms with Gasteiger partial charge < -0.3 is 21.0 Å². The number of hydrogen-bond acceptors (Lipinski definition) is 4. The lowest BCUT2D eigenvalue weighted by molar-refractivity contribution is 0.0936. The van der Waals surface area contributed by atoms with Crippen molar-refractivity contribution < 1.29 is 14.7 Å². The van der Waals surface area contributed by atoms with Gasteiger partial charge in [0.05, 0.1) is 6.61 Å². The Morgan fingerprint density at radius 2 is 2.24 bits per heavy atom. The molecule has 1 rings (SSSR count). The lowest BCUT2D eigenvalue weighted by atomic mass is 10.1. The largest absolute Gasteiger partial charge is 0.494 e. The van der Waals surface area contributed by atoms with Crippen molar-refractivity contribution in [2.45, 2.75) is 39.2 Å². The van der Waals surface area contributed by atoms with Crippen LogP contribution < -0.4 is 15.8 Å². The van der Waals surface area contributed by atoms with E-state index in [1.165, 1.54) is 0 Å². The summed E-state index contributed by atoms with van der Waals surface area (Å²) in [4.78, 5) is 12.2. The minimum atomic E-state index is -0.200. The van der Waals surface area contributed by atoms with Crippen LogP contribution >= 0.6 is 0 Å². The van der Waals surface area contributed by atoms with Gasteiger partial charge in [0.15, 0.2) is 0 Å². The summed E-state index contributed by atoms with van der Waals surface area (Å²) in [5.41, 5.74) is 6.00. The molecule has 1 unspecified atom stereocenters. The van der Waals surface area contributed by atoms with Crippen LogP contribution in [0.1, 0.15) is 43.5 Å². The van der Waals surface area contributed by atoms with Gasteiger partial charge in [-0.3, -0.25) is 4.79 Å². The number of ether oxygens (including phenoxy) is 1. The van der Waals surface area contributed by atoms with Crippen LogP contribution in [0.15, 0.2) is 29.4 Å². The van der Waals surface area contributed by atoms with Crippen LogP contribution in [0.5, 0.6) is 5.75 Å². The van der Waals surface area contributed by atoms with Gasteiger partial charge in [0.2, 0.25) is 0 Å². The number of benzene rings is 1. The third-order valence-corrected chi connectivity index (χ3v) is 2.98. The molecule has 0 spiro atoms. The van der Waals surface area contributed by atoms with E-state index >= 15 is 0 Å². The molecule has 21 heavy (non-hydrogen) atoms. The molecular weight excluding hydrogens is 270 g/mol. The van der Waals surface area contributed by atoms with Crippen LogP contribution in [0.4, 0.5) is 0 Å². The SMILES string of the molecule is CCCOc1cccc(C(=O)NC(CC)CC(N)=NO)c1. The average Bonchev–Trinajstić information content (AvgIpc) is 2.52. The van der Waals surface area contributed by atoms with Gasteiger partial charge in [0, 0.05) is 18.0 Å². The van der Waals surface area contributed by atoms with E-state index < -0.39 is 0 Å². The van der Waals surface area contributed by atoms with Crippen molar-refractivity contribution in [2.24, 2.45) is 10.9 Å². The van der Waals surface area contributed by atoms with Crippen molar-refractivity contribution in [3.8, 4) is 5.75 Å². The quantitative estimate of drug-likeness (QED) is 0.296.